The number of hydrogen-bond donors (Lipinski definition) is 2. The topological polar surface area (TPSA) is 102 Å². The molecule has 0 amide bonds. The molecule has 0 aromatic heterocycles. The lowest BCUT2D eigenvalue weighted by Gasteiger charge is -2.14. The SMILES string of the molecule is COc1cc(C)c(C)cc1S(=O)(=O)NCCc1ccc(S(=O)(=O)NC2CCCC2)cc1. The molecule has 2 N–H and O–H groups in total. The van der Waals surface area contributed by atoms with Crippen molar-refractivity contribution in [2.24, 2.45) is 0 Å². The van der Waals surface area contributed by atoms with Gasteiger partial charge in [0, 0.05) is 12.6 Å². The quantitative estimate of drug-likeness (QED) is 0.591. The number of sulfonamides is 2. The molecular formula is C22H30N2O5S2. The molecule has 0 radical (unpaired) electrons. The molecule has 2 aromatic carbocycles. The fraction of sp³-hybridized carbons (Fsp3) is 0.455. The number of methoxy groups -OCH3 is 1. The first kappa shape index (κ1) is 23.7. The molecule has 9 heteroatoms. The molecule has 1 saturated carbocycles. The van der Waals surface area contributed by atoms with Crippen LogP contribution in [0.1, 0.15) is 42.4 Å². The molecular weight excluding hydrogens is 436 g/mol. The van der Waals surface area contributed by atoms with Crippen LogP contribution in [0.15, 0.2) is 46.2 Å². The summed E-state index contributed by atoms with van der Waals surface area (Å²) in [6.45, 7) is 3.94. The fourth-order valence-corrected chi connectivity index (χ4v) is 6.28. The summed E-state index contributed by atoms with van der Waals surface area (Å²) in [5.41, 5.74) is 2.66. The minimum Gasteiger partial charge on any atom is -0.495 e. The van der Waals surface area contributed by atoms with Crippen molar-refractivity contribution in [1.29, 1.82) is 0 Å². The van der Waals surface area contributed by atoms with Crippen molar-refractivity contribution in [2.75, 3.05) is 13.7 Å². The van der Waals surface area contributed by atoms with Crippen LogP contribution in [0.3, 0.4) is 0 Å². The Morgan fingerprint density at radius 3 is 2.16 bits per heavy atom. The maximum atomic E-state index is 12.7. The predicted molar refractivity (Wildman–Crippen MR) is 120 cm³/mol. The first-order chi connectivity index (χ1) is 14.6. The Balaban J connectivity index is 1.62. The molecule has 0 bridgehead atoms. The first-order valence-corrected chi connectivity index (χ1v) is 13.4. The molecule has 7 nitrogen and oxygen atoms in total. The molecule has 170 valence electrons. The van der Waals surface area contributed by atoms with E-state index in [1.165, 1.54) is 7.11 Å². The highest BCUT2D eigenvalue weighted by atomic mass is 32.2. The van der Waals surface area contributed by atoms with Crippen molar-refractivity contribution in [2.45, 2.75) is 61.8 Å². The van der Waals surface area contributed by atoms with Crippen molar-refractivity contribution >= 4 is 20.0 Å². The van der Waals surface area contributed by atoms with E-state index >= 15 is 0 Å². The zero-order valence-electron chi connectivity index (χ0n) is 18.1. The van der Waals surface area contributed by atoms with Crippen LogP contribution in [0.25, 0.3) is 0 Å². The van der Waals surface area contributed by atoms with Crippen LogP contribution in [-0.2, 0) is 26.5 Å². The minimum atomic E-state index is -3.74. The van der Waals surface area contributed by atoms with Gasteiger partial charge in [-0.25, -0.2) is 26.3 Å². The van der Waals surface area contributed by atoms with Crippen molar-refractivity contribution in [3.05, 3.63) is 53.1 Å². The van der Waals surface area contributed by atoms with Gasteiger partial charge in [0.2, 0.25) is 20.0 Å². The maximum absolute atomic E-state index is 12.7. The number of aryl methyl sites for hydroxylation is 2. The third kappa shape index (κ3) is 5.85. The van der Waals surface area contributed by atoms with Crippen LogP contribution in [0.2, 0.25) is 0 Å². The number of rotatable bonds is 9. The number of hydrogen-bond acceptors (Lipinski definition) is 5. The molecule has 1 aliphatic carbocycles. The van der Waals surface area contributed by atoms with E-state index in [0.29, 0.717) is 12.2 Å². The highest BCUT2D eigenvalue weighted by Crippen LogP contribution is 2.27. The van der Waals surface area contributed by atoms with E-state index in [1.807, 2.05) is 13.8 Å². The van der Waals surface area contributed by atoms with Gasteiger partial charge in [0.1, 0.15) is 10.6 Å². The van der Waals surface area contributed by atoms with E-state index < -0.39 is 20.0 Å². The Morgan fingerprint density at radius 2 is 1.55 bits per heavy atom. The summed E-state index contributed by atoms with van der Waals surface area (Å²) in [6.07, 6.45) is 4.29. The summed E-state index contributed by atoms with van der Waals surface area (Å²) < 4.78 is 61.1. The maximum Gasteiger partial charge on any atom is 0.244 e. The Morgan fingerprint density at radius 1 is 0.935 bits per heavy atom. The number of nitrogens with one attached hydrogen (secondary N) is 2. The molecule has 0 atom stereocenters. The van der Waals surface area contributed by atoms with Gasteiger partial charge in [0.05, 0.1) is 12.0 Å². The lowest BCUT2D eigenvalue weighted by Crippen LogP contribution is -2.32. The molecule has 31 heavy (non-hydrogen) atoms. The van der Waals surface area contributed by atoms with Gasteiger partial charge in [-0.05, 0) is 74.1 Å². The summed E-state index contributed by atoms with van der Waals surface area (Å²) in [6, 6.07) is 9.89. The van der Waals surface area contributed by atoms with E-state index in [4.69, 9.17) is 4.74 Å². The second-order valence-electron chi connectivity index (χ2n) is 7.98. The average molecular weight is 467 g/mol. The van der Waals surface area contributed by atoms with E-state index in [9.17, 15) is 16.8 Å². The summed E-state index contributed by atoms with van der Waals surface area (Å²) in [5.74, 6) is 0.305. The lowest BCUT2D eigenvalue weighted by molar-refractivity contribution is 0.402. The van der Waals surface area contributed by atoms with Gasteiger partial charge in [-0.2, -0.15) is 0 Å². The van der Waals surface area contributed by atoms with E-state index in [0.717, 1.165) is 42.4 Å². The third-order valence-electron chi connectivity index (χ3n) is 5.69. The smallest absolute Gasteiger partial charge is 0.244 e. The molecule has 1 fully saturated rings. The van der Waals surface area contributed by atoms with Gasteiger partial charge in [-0.15, -0.1) is 0 Å². The molecule has 0 spiro atoms. The monoisotopic (exact) mass is 466 g/mol. The zero-order valence-corrected chi connectivity index (χ0v) is 19.8. The number of benzene rings is 2. The van der Waals surface area contributed by atoms with Crippen molar-refractivity contribution in [1.82, 2.24) is 9.44 Å². The van der Waals surface area contributed by atoms with Crippen LogP contribution < -0.4 is 14.2 Å². The molecule has 0 heterocycles. The van der Waals surface area contributed by atoms with Gasteiger partial charge in [0.15, 0.2) is 0 Å². The predicted octanol–water partition coefficient (Wildman–Crippen LogP) is 3.05. The van der Waals surface area contributed by atoms with E-state index in [1.54, 1.807) is 36.4 Å². The average Bonchev–Trinajstić information content (AvgIpc) is 3.22. The van der Waals surface area contributed by atoms with Gasteiger partial charge in [0.25, 0.3) is 0 Å². The molecule has 0 unspecified atom stereocenters. The van der Waals surface area contributed by atoms with Crippen LogP contribution >= 0.6 is 0 Å². The minimum absolute atomic E-state index is 0.0153. The Kier molecular flexibility index (Phi) is 7.41. The zero-order chi connectivity index (χ0) is 22.6. The standard InChI is InChI=1S/C22H30N2O5S2/c1-16-14-21(29-3)22(15-17(16)2)31(27,28)23-13-12-18-8-10-20(11-9-18)30(25,26)24-19-6-4-5-7-19/h8-11,14-15,19,23-24H,4-7,12-13H2,1-3H3. The number of ether oxygens (including phenoxy) is 1. The summed E-state index contributed by atoms with van der Waals surface area (Å²) in [7, 11) is -5.82. The third-order valence-corrected chi connectivity index (χ3v) is 8.70. The highest BCUT2D eigenvalue weighted by molar-refractivity contribution is 7.89. The van der Waals surface area contributed by atoms with Crippen molar-refractivity contribution in [3.63, 3.8) is 0 Å². The van der Waals surface area contributed by atoms with Gasteiger partial charge >= 0.3 is 0 Å². The van der Waals surface area contributed by atoms with E-state index in [2.05, 4.69) is 9.44 Å². The van der Waals surface area contributed by atoms with Crippen LogP contribution in [0.4, 0.5) is 0 Å². The highest BCUT2D eigenvalue weighted by Gasteiger charge is 2.23. The van der Waals surface area contributed by atoms with Gasteiger partial charge in [-0.3, -0.25) is 0 Å². The second-order valence-corrected chi connectivity index (χ2v) is 11.4. The largest absolute Gasteiger partial charge is 0.495 e. The van der Waals surface area contributed by atoms with Crippen LogP contribution in [0, 0.1) is 13.8 Å². The van der Waals surface area contributed by atoms with Crippen LogP contribution in [-0.4, -0.2) is 36.5 Å². The fourth-order valence-electron chi connectivity index (χ4n) is 3.71. The normalized spacial score (nSPS) is 15.3. The van der Waals surface area contributed by atoms with Crippen molar-refractivity contribution in [3.8, 4) is 5.75 Å². The van der Waals surface area contributed by atoms with Crippen molar-refractivity contribution < 1.29 is 21.6 Å². The second kappa shape index (κ2) is 9.68. The molecule has 3 rings (SSSR count). The van der Waals surface area contributed by atoms with Crippen LogP contribution in [0.5, 0.6) is 5.75 Å². The first-order valence-electron chi connectivity index (χ1n) is 10.4. The Bertz CT molecular complexity index is 1120. The van der Waals surface area contributed by atoms with E-state index in [-0.39, 0.29) is 22.4 Å². The van der Waals surface area contributed by atoms with Gasteiger partial charge < -0.3 is 4.74 Å². The summed E-state index contributed by atoms with van der Waals surface area (Å²) in [4.78, 5) is 0.334. The summed E-state index contributed by atoms with van der Waals surface area (Å²) in [5, 5.41) is 0. The molecule has 2 aromatic rings. The Hall–Kier alpha value is -1.94. The molecule has 0 aliphatic heterocycles. The van der Waals surface area contributed by atoms with Gasteiger partial charge in [-0.1, -0.05) is 25.0 Å². The molecule has 0 saturated heterocycles. The lowest BCUT2D eigenvalue weighted by atomic mass is 10.1. The Labute approximate surface area is 185 Å². The molecule has 1 aliphatic rings. The summed E-state index contributed by atoms with van der Waals surface area (Å²) >= 11 is 0.